The smallest absolute Gasteiger partial charge is 0.269 e. The van der Waals surface area contributed by atoms with Crippen LogP contribution in [-0.2, 0) is 0 Å². The quantitative estimate of drug-likeness (QED) is 0.795. The van der Waals surface area contributed by atoms with E-state index in [1.54, 1.807) is 12.1 Å². The molecule has 0 spiro atoms. The van der Waals surface area contributed by atoms with Gasteiger partial charge in [0.15, 0.2) is 5.69 Å². The maximum Gasteiger partial charge on any atom is 0.269 e. The minimum Gasteiger partial charge on any atom is -0.367 e. The molecule has 2 rings (SSSR count). The first-order valence-corrected chi connectivity index (χ1v) is 6.74. The van der Waals surface area contributed by atoms with Gasteiger partial charge in [0.2, 0.25) is 0 Å². The Balaban J connectivity index is 1.74. The molecule has 1 fully saturated rings. The molecule has 0 unspecified atom stereocenters. The van der Waals surface area contributed by atoms with Crippen molar-refractivity contribution in [2.75, 3.05) is 25.5 Å². The summed E-state index contributed by atoms with van der Waals surface area (Å²) in [7, 11) is 2.17. The molecule has 0 aromatic carbocycles. The molecular formula is C13H21N5O. The zero-order valence-electron chi connectivity index (χ0n) is 11.3. The number of likely N-dealkylation sites (N-methyl/N-ethyl adjacent to an activating group) is 1. The van der Waals surface area contributed by atoms with Gasteiger partial charge in [0, 0.05) is 19.1 Å². The van der Waals surface area contributed by atoms with Gasteiger partial charge >= 0.3 is 0 Å². The first-order chi connectivity index (χ1) is 9.16. The molecule has 1 aliphatic carbocycles. The summed E-state index contributed by atoms with van der Waals surface area (Å²) in [5.41, 5.74) is 5.29. The lowest BCUT2D eigenvalue weighted by molar-refractivity contribution is 0.0994. The van der Waals surface area contributed by atoms with Crippen molar-refractivity contribution in [3.05, 3.63) is 17.8 Å². The zero-order chi connectivity index (χ0) is 13.7. The van der Waals surface area contributed by atoms with Gasteiger partial charge in [0.25, 0.3) is 5.91 Å². The molecule has 0 atom stereocenters. The average Bonchev–Trinajstić information content (AvgIpc) is 2.93. The van der Waals surface area contributed by atoms with Crippen molar-refractivity contribution in [3.8, 4) is 0 Å². The lowest BCUT2D eigenvalue weighted by Crippen LogP contribution is -2.33. The zero-order valence-corrected chi connectivity index (χ0v) is 11.3. The number of anilines is 1. The summed E-state index contributed by atoms with van der Waals surface area (Å²) in [6.45, 7) is 1.79. The first kappa shape index (κ1) is 13.7. The molecule has 19 heavy (non-hydrogen) atoms. The molecule has 3 N–H and O–H groups in total. The molecule has 0 aliphatic heterocycles. The van der Waals surface area contributed by atoms with Crippen LogP contribution < -0.4 is 11.1 Å². The summed E-state index contributed by atoms with van der Waals surface area (Å²) >= 11 is 0. The van der Waals surface area contributed by atoms with Gasteiger partial charge in [-0.3, -0.25) is 4.79 Å². The normalized spacial score (nSPS) is 15.9. The Labute approximate surface area is 113 Å². The number of hydrogen-bond donors (Lipinski definition) is 2. The van der Waals surface area contributed by atoms with E-state index in [9.17, 15) is 4.79 Å². The van der Waals surface area contributed by atoms with E-state index in [1.165, 1.54) is 25.7 Å². The van der Waals surface area contributed by atoms with Gasteiger partial charge in [0.1, 0.15) is 5.82 Å². The summed E-state index contributed by atoms with van der Waals surface area (Å²) in [4.78, 5) is 13.2. The third-order valence-electron chi connectivity index (χ3n) is 3.64. The molecule has 104 valence electrons. The Morgan fingerprint density at radius 2 is 2.16 bits per heavy atom. The summed E-state index contributed by atoms with van der Waals surface area (Å²) < 4.78 is 0. The fourth-order valence-electron chi connectivity index (χ4n) is 2.45. The molecule has 6 heteroatoms. The molecular weight excluding hydrogens is 242 g/mol. The minimum atomic E-state index is -0.556. The molecule has 1 aromatic rings. The molecule has 6 nitrogen and oxygen atoms in total. The van der Waals surface area contributed by atoms with Crippen molar-refractivity contribution in [2.24, 2.45) is 5.73 Å². The van der Waals surface area contributed by atoms with Crippen molar-refractivity contribution in [2.45, 2.75) is 31.7 Å². The lowest BCUT2D eigenvalue weighted by atomic mass is 10.2. The number of primary amides is 1. The Morgan fingerprint density at radius 3 is 2.74 bits per heavy atom. The van der Waals surface area contributed by atoms with Crippen LogP contribution >= 0.6 is 0 Å². The van der Waals surface area contributed by atoms with Crippen molar-refractivity contribution in [1.29, 1.82) is 0 Å². The van der Waals surface area contributed by atoms with E-state index in [0.29, 0.717) is 5.82 Å². The topological polar surface area (TPSA) is 84.1 Å². The second kappa shape index (κ2) is 6.47. The van der Waals surface area contributed by atoms with E-state index in [-0.39, 0.29) is 5.69 Å². The van der Waals surface area contributed by atoms with E-state index < -0.39 is 5.91 Å². The van der Waals surface area contributed by atoms with Crippen LogP contribution in [0.2, 0.25) is 0 Å². The number of nitrogens with two attached hydrogens (primary N) is 1. The third kappa shape index (κ3) is 3.89. The highest BCUT2D eigenvalue weighted by Gasteiger charge is 2.18. The van der Waals surface area contributed by atoms with Gasteiger partial charge < -0.3 is 16.0 Å². The van der Waals surface area contributed by atoms with Gasteiger partial charge in [-0.1, -0.05) is 12.8 Å². The highest BCUT2D eigenvalue weighted by Crippen LogP contribution is 2.21. The Hall–Kier alpha value is -1.69. The predicted molar refractivity (Wildman–Crippen MR) is 73.9 cm³/mol. The molecule has 1 saturated carbocycles. The lowest BCUT2D eigenvalue weighted by Gasteiger charge is -2.23. The highest BCUT2D eigenvalue weighted by atomic mass is 16.1. The number of rotatable bonds is 6. The van der Waals surface area contributed by atoms with Crippen LogP contribution in [0.25, 0.3) is 0 Å². The predicted octanol–water partition coefficient (Wildman–Crippen LogP) is 0.862. The number of nitrogens with one attached hydrogen (secondary N) is 1. The molecule has 0 bridgehead atoms. The summed E-state index contributed by atoms with van der Waals surface area (Å²) in [5, 5.41) is 10.9. The number of hydrogen-bond acceptors (Lipinski definition) is 5. The van der Waals surface area contributed by atoms with E-state index in [1.807, 2.05) is 0 Å². The monoisotopic (exact) mass is 263 g/mol. The van der Waals surface area contributed by atoms with E-state index in [0.717, 1.165) is 19.1 Å². The minimum absolute atomic E-state index is 0.189. The van der Waals surface area contributed by atoms with E-state index in [2.05, 4.69) is 27.5 Å². The van der Waals surface area contributed by atoms with Gasteiger partial charge in [-0.05, 0) is 32.0 Å². The maximum atomic E-state index is 10.9. The van der Waals surface area contributed by atoms with Gasteiger partial charge in [-0.2, -0.15) is 0 Å². The standard InChI is InChI=1S/C13H21N5O/c1-18(10-4-2-3-5-10)9-8-15-12-7-6-11(13(14)19)16-17-12/h6-7,10H,2-5,8-9H2,1H3,(H2,14,19)(H,15,17). The number of nitrogens with zero attached hydrogens (tertiary/aromatic N) is 3. The summed E-state index contributed by atoms with van der Waals surface area (Å²) in [6.07, 6.45) is 5.32. The SMILES string of the molecule is CN(CCNc1ccc(C(N)=O)nn1)C1CCCC1. The molecule has 1 heterocycles. The average molecular weight is 263 g/mol. The van der Waals surface area contributed by atoms with E-state index >= 15 is 0 Å². The van der Waals surface area contributed by atoms with Crippen LogP contribution in [0.15, 0.2) is 12.1 Å². The van der Waals surface area contributed by atoms with Crippen molar-refractivity contribution in [1.82, 2.24) is 15.1 Å². The van der Waals surface area contributed by atoms with Gasteiger partial charge in [-0.15, -0.1) is 10.2 Å². The van der Waals surface area contributed by atoms with Crippen molar-refractivity contribution in [3.63, 3.8) is 0 Å². The molecule has 0 saturated heterocycles. The highest BCUT2D eigenvalue weighted by molar-refractivity contribution is 5.90. The second-order valence-corrected chi connectivity index (χ2v) is 5.01. The maximum absolute atomic E-state index is 10.9. The largest absolute Gasteiger partial charge is 0.367 e. The Morgan fingerprint density at radius 1 is 1.42 bits per heavy atom. The van der Waals surface area contributed by atoms with Crippen LogP contribution in [0.3, 0.4) is 0 Å². The van der Waals surface area contributed by atoms with Crippen LogP contribution in [0.5, 0.6) is 0 Å². The fourth-order valence-corrected chi connectivity index (χ4v) is 2.45. The van der Waals surface area contributed by atoms with Gasteiger partial charge in [-0.25, -0.2) is 0 Å². The fraction of sp³-hybridized carbons (Fsp3) is 0.615. The Bertz CT molecular complexity index is 414. The molecule has 1 aromatic heterocycles. The molecule has 1 aliphatic rings. The molecule has 0 radical (unpaired) electrons. The van der Waals surface area contributed by atoms with Gasteiger partial charge in [0.05, 0.1) is 0 Å². The van der Waals surface area contributed by atoms with Crippen molar-refractivity contribution >= 4 is 11.7 Å². The van der Waals surface area contributed by atoms with Crippen molar-refractivity contribution < 1.29 is 4.79 Å². The van der Waals surface area contributed by atoms with Crippen LogP contribution in [0.4, 0.5) is 5.82 Å². The van der Waals surface area contributed by atoms with Crippen LogP contribution in [0.1, 0.15) is 36.2 Å². The van der Waals surface area contributed by atoms with E-state index in [4.69, 9.17) is 5.73 Å². The number of carbonyl (C=O) groups is 1. The number of amides is 1. The first-order valence-electron chi connectivity index (χ1n) is 6.74. The third-order valence-corrected chi connectivity index (χ3v) is 3.64. The summed E-state index contributed by atoms with van der Waals surface area (Å²) in [5.74, 6) is 0.116. The van der Waals surface area contributed by atoms with Crippen LogP contribution in [0, 0.1) is 0 Å². The second-order valence-electron chi connectivity index (χ2n) is 5.01. The Kier molecular flexibility index (Phi) is 4.68. The summed E-state index contributed by atoms with van der Waals surface area (Å²) in [6, 6.07) is 4.03. The number of aromatic nitrogens is 2. The number of carbonyl (C=O) groups excluding carboxylic acids is 1. The van der Waals surface area contributed by atoms with Crippen LogP contribution in [-0.4, -0.2) is 47.2 Å². The molecule has 1 amide bonds.